The fraction of sp³-hybridized carbons (Fsp3) is 1.00. The van der Waals surface area contributed by atoms with Crippen LogP contribution in [-0.2, 0) is 0 Å². The van der Waals surface area contributed by atoms with Crippen molar-refractivity contribution >= 4 is 22.6 Å². The summed E-state index contributed by atoms with van der Waals surface area (Å²) in [4.78, 5) is 0. The normalized spacial score (nSPS) is 17.3. The molecule has 1 N–H and O–H groups in total. The fourth-order valence-corrected chi connectivity index (χ4v) is 1.69. The van der Waals surface area contributed by atoms with Gasteiger partial charge in [0.2, 0.25) is 0 Å². The van der Waals surface area contributed by atoms with Gasteiger partial charge in [0.1, 0.15) is 4.11 Å². The molecular weight excluding hydrogens is 486 g/mol. The number of aliphatic hydroxyl groups excluding tert-OH is 1. The van der Waals surface area contributed by atoms with E-state index in [-0.39, 0.29) is 0 Å². The van der Waals surface area contributed by atoms with Crippen LogP contribution in [0.15, 0.2) is 0 Å². The Kier molecular flexibility index (Phi) is 5.89. The molecule has 0 spiro atoms. The highest BCUT2D eigenvalue weighted by atomic mass is 127. The summed E-state index contributed by atoms with van der Waals surface area (Å²) >= 11 is 0.567. The lowest BCUT2D eigenvalue weighted by Crippen LogP contribution is -2.70. The molecule has 0 saturated heterocycles. The number of hydrogen-bond donors (Lipinski definition) is 1. The van der Waals surface area contributed by atoms with E-state index in [4.69, 9.17) is 5.11 Å². The first-order chi connectivity index (χ1) is 9.67. The maximum atomic E-state index is 13.0. The van der Waals surface area contributed by atoms with E-state index in [0.717, 1.165) is 0 Å². The molecule has 15 heteroatoms. The van der Waals surface area contributed by atoms with Gasteiger partial charge in [-0.05, 0) is 0 Å². The van der Waals surface area contributed by atoms with Crippen molar-refractivity contribution in [3.05, 3.63) is 0 Å². The van der Waals surface area contributed by atoms with Crippen molar-refractivity contribution in [2.45, 2.75) is 46.3 Å². The van der Waals surface area contributed by atoms with Gasteiger partial charge in [-0.3, -0.25) is 0 Å². The molecule has 23 heavy (non-hydrogen) atoms. The average Bonchev–Trinajstić information content (AvgIpc) is 2.24. The van der Waals surface area contributed by atoms with Gasteiger partial charge in [0.25, 0.3) is 0 Å². The van der Waals surface area contributed by atoms with Gasteiger partial charge in [-0.25, -0.2) is 0 Å². The van der Waals surface area contributed by atoms with Crippen LogP contribution in [-0.4, -0.2) is 45.0 Å². The minimum Gasteiger partial charge on any atom is -0.383 e. The summed E-state index contributed by atoms with van der Waals surface area (Å²) < 4.78 is 160. The summed E-state index contributed by atoms with van der Waals surface area (Å²) in [5.74, 6) is -37.0. The molecule has 0 rings (SSSR count). The van der Waals surface area contributed by atoms with E-state index in [1.807, 2.05) is 0 Å². The van der Waals surface area contributed by atoms with Crippen molar-refractivity contribution in [1.82, 2.24) is 0 Å². The maximum Gasteiger partial charge on any atom is 0.460 e. The second kappa shape index (κ2) is 5.94. The van der Waals surface area contributed by atoms with Gasteiger partial charge in [0, 0.05) is 0 Å². The first-order valence-corrected chi connectivity index (χ1v) is 6.19. The summed E-state index contributed by atoms with van der Waals surface area (Å²) in [6.07, 6.45) is -10.0. The standard InChI is InChI=1S/C8H4F13IO/c9-3(10,1-2(22)23)4(11,12)5(13,14)6(15,16)7(17,18)8(19,20)21/h2,23H,1H2. The molecular formula is C8H4F13IO. The summed E-state index contributed by atoms with van der Waals surface area (Å²) in [6.45, 7) is 0. The van der Waals surface area contributed by atoms with Crippen molar-refractivity contribution in [2.24, 2.45) is 0 Å². The number of rotatable bonds is 6. The number of aliphatic hydroxyl groups is 1. The van der Waals surface area contributed by atoms with Crippen molar-refractivity contribution < 1.29 is 62.2 Å². The third-order valence-corrected chi connectivity index (χ3v) is 2.86. The molecule has 1 nitrogen and oxygen atoms in total. The predicted molar refractivity (Wildman–Crippen MR) is 55.4 cm³/mol. The summed E-state index contributed by atoms with van der Waals surface area (Å²) in [5.41, 5.74) is 0. The van der Waals surface area contributed by atoms with E-state index in [0.29, 0.717) is 22.6 Å². The van der Waals surface area contributed by atoms with E-state index in [9.17, 15) is 57.1 Å². The van der Waals surface area contributed by atoms with Gasteiger partial charge in [0.05, 0.1) is 6.42 Å². The first kappa shape index (κ1) is 22.8. The molecule has 0 bridgehead atoms. The molecule has 0 aromatic carbocycles. The number of halogens is 14. The molecule has 0 aliphatic carbocycles. The smallest absolute Gasteiger partial charge is 0.383 e. The van der Waals surface area contributed by atoms with Crippen LogP contribution in [0.4, 0.5) is 57.1 Å². The highest BCUT2D eigenvalue weighted by Gasteiger charge is 2.90. The van der Waals surface area contributed by atoms with Crippen molar-refractivity contribution in [2.75, 3.05) is 0 Å². The van der Waals surface area contributed by atoms with Crippen LogP contribution < -0.4 is 0 Å². The molecule has 1 unspecified atom stereocenters. The zero-order valence-electron chi connectivity index (χ0n) is 10.0. The van der Waals surface area contributed by atoms with Gasteiger partial charge >= 0.3 is 35.8 Å². The Morgan fingerprint density at radius 2 is 0.913 bits per heavy atom. The van der Waals surface area contributed by atoms with Crippen molar-refractivity contribution in [3.8, 4) is 0 Å². The Morgan fingerprint density at radius 1 is 0.609 bits per heavy atom. The van der Waals surface area contributed by atoms with E-state index in [1.54, 1.807) is 0 Å². The second-order valence-corrected chi connectivity index (χ2v) is 5.58. The number of alkyl halides is 14. The lowest BCUT2D eigenvalue weighted by molar-refractivity contribution is -0.440. The SMILES string of the molecule is OC(I)CC(F)(F)C(F)(F)C(F)(F)C(F)(F)C(F)(F)C(F)(F)F. The van der Waals surface area contributed by atoms with E-state index < -0.39 is 46.3 Å². The molecule has 0 amide bonds. The largest absolute Gasteiger partial charge is 0.460 e. The predicted octanol–water partition coefficient (Wildman–Crippen LogP) is 4.87. The van der Waals surface area contributed by atoms with E-state index in [2.05, 4.69) is 0 Å². The van der Waals surface area contributed by atoms with Gasteiger partial charge < -0.3 is 5.11 Å². The van der Waals surface area contributed by atoms with Gasteiger partial charge in [0.15, 0.2) is 0 Å². The van der Waals surface area contributed by atoms with Crippen molar-refractivity contribution in [1.29, 1.82) is 0 Å². The van der Waals surface area contributed by atoms with Gasteiger partial charge in [-0.2, -0.15) is 57.1 Å². The highest BCUT2D eigenvalue weighted by Crippen LogP contribution is 2.60. The Balaban J connectivity index is 6.14. The topological polar surface area (TPSA) is 20.2 Å². The molecule has 0 fully saturated rings. The summed E-state index contributed by atoms with van der Waals surface area (Å²) in [6, 6.07) is 0. The summed E-state index contributed by atoms with van der Waals surface area (Å²) in [7, 11) is 0. The minimum atomic E-state index is -7.90. The van der Waals surface area contributed by atoms with Crippen LogP contribution in [0, 0.1) is 0 Å². The first-order valence-electron chi connectivity index (χ1n) is 4.94. The monoisotopic (exact) mass is 490 g/mol. The van der Waals surface area contributed by atoms with Crippen LogP contribution in [0.3, 0.4) is 0 Å². The lowest BCUT2D eigenvalue weighted by atomic mass is 9.93. The molecule has 0 aromatic heterocycles. The quantitative estimate of drug-likeness (QED) is 0.321. The Hall–Kier alpha value is -0.220. The van der Waals surface area contributed by atoms with Gasteiger partial charge in [-0.1, -0.05) is 22.6 Å². The second-order valence-electron chi connectivity index (χ2n) is 4.14. The Bertz CT molecular complexity index is 426. The summed E-state index contributed by atoms with van der Waals surface area (Å²) in [5, 5.41) is 8.42. The molecule has 1 atom stereocenters. The molecule has 0 saturated carbocycles. The van der Waals surface area contributed by atoms with Crippen LogP contribution in [0.25, 0.3) is 0 Å². The van der Waals surface area contributed by atoms with E-state index >= 15 is 0 Å². The molecule has 0 aliphatic rings. The van der Waals surface area contributed by atoms with Crippen molar-refractivity contribution in [3.63, 3.8) is 0 Å². The zero-order chi connectivity index (χ0) is 19.3. The third kappa shape index (κ3) is 3.44. The maximum absolute atomic E-state index is 13.0. The van der Waals surface area contributed by atoms with Crippen LogP contribution in [0.5, 0.6) is 0 Å². The number of hydrogen-bond acceptors (Lipinski definition) is 1. The zero-order valence-corrected chi connectivity index (χ0v) is 12.2. The highest BCUT2D eigenvalue weighted by molar-refractivity contribution is 14.1. The fourth-order valence-electron chi connectivity index (χ4n) is 1.14. The Morgan fingerprint density at radius 3 is 1.17 bits per heavy atom. The molecule has 140 valence electrons. The minimum absolute atomic E-state index is 0.567. The Labute approximate surface area is 132 Å². The van der Waals surface area contributed by atoms with E-state index in [1.165, 1.54) is 0 Å². The molecule has 0 aliphatic heterocycles. The molecule has 0 heterocycles. The average molecular weight is 490 g/mol. The van der Waals surface area contributed by atoms with Crippen LogP contribution in [0.2, 0.25) is 0 Å². The van der Waals surface area contributed by atoms with Crippen LogP contribution >= 0.6 is 22.6 Å². The third-order valence-electron chi connectivity index (χ3n) is 2.42. The van der Waals surface area contributed by atoms with Crippen LogP contribution in [0.1, 0.15) is 6.42 Å². The van der Waals surface area contributed by atoms with Gasteiger partial charge in [-0.15, -0.1) is 0 Å². The molecule has 0 radical (unpaired) electrons. The molecule has 0 aromatic rings. The lowest BCUT2D eigenvalue weighted by Gasteiger charge is -2.39.